The summed E-state index contributed by atoms with van der Waals surface area (Å²) in [6, 6.07) is 3.65. The van der Waals surface area contributed by atoms with Crippen molar-refractivity contribution in [3.63, 3.8) is 0 Å². The van der Waals surface area contributed by atoms with Gasteiger partial charge >= 0.3 is 0 Å². The fraction of sp³-hybridized carbons (Fsp3) is 0.652. The highest BCUT2D eigenvalue weighted by Gasteiger charge is 2.56. The second-order valence-corrected chi connectivity index (χ2v) is 9.11. The van der Waals surface area contributed by atoms with Crippen LogP contribution in [0.1, 0.15) is 37.1 Å². The van der Waals surface area contributed by atoms with E-state index < -0.39 is 0 Å². The molecule has 1 aliphatic carbocycles. The number of rotatable bonds is 5. The Hall–Kier alpha value is -1.96. The Morgan fingerprint density at radius 1 is 1.27 bits per heavy atom. The van der Waals surface area contributed by atoms with Crippen molar-refractivity contribution in [3.05, 3.63) is 39.8 Å². The number of ether oxygens (including phenoxy) is 1. The van der Waals surface area contributed by atoms with Crippen molar-refractivity contribution in [2.24, 2.45) is 17.8 Å². The van der Waals surface area contributed by atoms with E-state index in [1.54, 1.807) is 0 Å². The van der Waals surface area contributed by atoms with Crippen LogP contribution in [0.4, 0.5) is 0 Å². The molecule has 0 aromatic carbocycles. The molecule has 4 atom stereocenters. The molecule has 7 heteroatoms. The second-order valence-electron chi connectivity index (χ2n) is 9.11. The normalized spacial score (nSPS) is 31.3. The minimum absolute atomic E-state index is 0.0186. The van der Waals surface area contributed by atoms with Crippen LogP contribution in [0.15, 0.2) is 23.0 Å². The maximum atomic E-state index is 13.6. The van der Waals surface area contributed by atoms with E-state index in [4.69, 9.17) is 4.74 Å². The number of pyridine rings is 1. The molecule has 1 aromatic rings. The number of hydrogen-bond acceptors (Lipinski definition) is 5. The molecule has 4 aliphatic rings. The summed E-state index contributed by atoms with van der Waals surface area (Å²) in [5, 5.41) is 10.4. The van der Waals surface area contributed by atoms with Gasteiger partial charge in [-0.15, -0.1) is 0 Å². The molecular weight excluding hydrogens is 382 g/mol. The van der Waals surface area contributed by atoms with E-state index >= 15 is 0 Å². The lowest BCUT2D eigenvalue weighted by atomic mass is 9.88. The van der Waals surface area contributed by atoms with E-state index in [0.717, 1.165) is 12.2 Å². The molecule has 5 rings (SSSR count). The predicted octanol–water partition coefficient (Wildman–Crippen LogP) is 1.11. The van der Waals surface area contributed by atoms with Crippen LogP contribution in [0.25, 0.3) is 6.08 Å². The van der Waals surface area contributed by atoms with Crippen LogP contribution in [0.5, 0.6) is 0 Å². The third-order valence-corrected chi connectivity index (χ3v) is 7.31. The first-order valence-electron chi connectivity index (χ1n) is 11.2. The molecule has 3 fully saturated rings. The van der Waals surface area contributed by atoms with E-state index in [9.17, 15) is 14.7 Å². The number of carbonyl (C=O) groups excluding carboxylic acids is 1. The molecule has 162 valence electrons. The van der Waals surface area contributed by atoms with E-state index in [0.29, 0.717) is 44.3 Å². The van der Waals surface area contributed by atoms with Crippen LogP contribution in [-0.2, 0) is 16.1 Å². The number of carbonyl (C=O) groups is 1. The molecule has 3 aliphatic heterocycles. The minimum atomic E-state index is -0.317. The number of allylic oxidation sites excluding steroid dienone is 1. The summed E-state index contributed by atoms with van der Waals surface area (Å²) < 4.78 is 7.31. The molecule has 0 spiro atoms. The second kappa shape index (κ2) is 7.94. The fourth-order valence-corrected chi connectivity index (χ4v) is 5.69. The van der Waals surface area contributed by atoms with Gasteiger partial charge in [0, 0.05) is 55.9 Å². The fourth-order valence-electron chi connectivity index (χ4n) is 5.69. The van der Waals surface area contributed by atoms with Crippen LogP contribution >= 0.6 is 0 Å². The van der Waals surface area contributed by atoms with Crippen LogP contribution in [0.3, 0.4) is 0 Å². The highest BCUT2D eigenvalue weighted by Crippen LogP contribution is 2.51. The van der Waals surface area contributed by atoms with Crippen molar-refractivity contribution in [2.45, 2.75) is 38.4 Å². The lowest BCUT2D eigenvalue weighted by Gasteiger charge is -2.36. The van der Waals surface area contributed by atoms with Crippen LogP contribution < -0.4 is 5.56 Å². The Morgan fingerprint density at radius 2 is 2.03 bits per heavy atom. The van der Waals surface area contributed by atoms with Gasteiger partial charge in [-0.1, -0.05) is 12.2 Å². The standard InChI is InChI=1S/C23H31N3O4/c1-2-3-16-6-7-19-20-17(13-25(19)22(16)28)18(14-27)21(26(20)12-15-4-5-15)23(29)24-8-10-30-11-9-24/h2-3,6-7,15,17-18,20-21,27H,4-5,8-14H2,1H3/b3-2-/t17-,18-,20+,21-/m0/s1. The summed E-state index contributed by atoms with van der Waals surface area (Å²) in [4.78, 5) is 30.8. The van der Waals surface area contributed by atoms with Gasteiger partial charge in [0.1, 0.15) is 0 Å². The average molecular weight is 414 g/mol. The third kappa shape index (κ3) is 3.24. The first-order valence-corrected chi connectivity index (χ1v) is 11.2. The largest absolute Gasteiger partial charge is 0.396 e. The number of morpholine rings is 1. The topological polar surface area (TPSA) is 75.0 Å². The van der Waals surface area contributed by atoms with E-state index in [2.05, 4.69) is 11.0 Å². The SMILES string of the molecule is C/C=C\c1ccc2n(c1=O)C[C@H]1[C@H](CO)[C@@H](C(=O)N3CCOCC3)N(CC3CC3)[C@@H]21. The summed E-state index contributed by atoms with van der Waals surface area (Å²) >= 11 is 0. The van der Waals surface area contributed by atoms with E-state index in [1.165, 1.54) is 12.8 Å². The number of aliphatic hydroxyl groups is 1. The predicted molar refractivity (Wildman–Crippen MR) is 113 cm³/mol. The van der Waals surface area contributed by atoms with Crippen LogP contribution in [0.2, 0.25) is 0 Å². The molecular formula is C23H31N3O4. The number of amides is 1. The summed E-state index contributed by atoms with van der Waals surface area (Å²) in [6.45, 7) is 5.69. The zero-order chi connectivity index (χ0) is 20.8. The van der Waals surface area contributed by atoms with Gasteiger partial charge in [0.25, 0.3) is 5.56 Å². The highest BCUT2D eigenvalue weighted by molar-refractivity contribution is 5.83. The number of fused-ring (bicyclic) bond motifs is 3. The average Bonchev–Trinajstić information content (AvgIpc) is 3.43. The summed E-state index contributed by atoms with van der Waals surface area (Å²) in [5.74, 6) is 0.656. The van der Waals surface area contributed by atoms with Gasteiger partial charge in [-0.3, -0.25) is 14.5 Å². The Bertz CT molecular complexity index is 900. The molecule has 4 heterocycles. The number of nitrogens with zero attached hydrogens (tertiary/aromatic N) is 3. The lowest BCUT2D eigenvalue weighted by Crippen LogP contribution is -2.53. The zero-order valence-electron chi connectivity index (χ0n) is 17.6. The van der Waals surface area contributed by atoms with Crippen LogP contribution in [0, 0.1) is 17.8 Å². The Kier molecular flexibility index (Phi) is 5.29. The summed E-state index contributed by atoms with van der Waals surface area (Å²) in [7, 11) is 0. The molecule has 1 N–H and O–H groups in total. The molecule has 0 bridgehead atoms. The number of aliphatic hydroxyl groups excluding tert-OH is 1. The van der Waals surface area contributed by atoms with Gasteiger partial charge in [-0.05, 0) is 37.8 Å². The zero-order valence-corrected chi connectivity index (χ0v) is 17.6. The molecule has 2 saturated heterocycles. The van der Waals surface area contributed by atoms with Gasteiger partial charge in [-0.25, -0.2) is 0 Å². The third-order valence-electron chi connectivity index (χ3n) is 7.31. The van der Waals surface area contributed by atoms with E-state index in [-0.39, 0.29) is 42.0 Å². The molecule has 1 aromatic heterocycles. The van der Waals surface area contributed by atoms with Crippen LogP contribution in [-0.4, -0.2) is 70.9 Å². The molecule has 0 radical (unpaired) electrons. The quantitative estimate of drug-likeness (QED) is 0.783. The first-order chi connectivity index (χ1) is 14.6. The van der Waals surface area contributed by atoms with Gasteiger partial charge in [0.15, 0.2) is 0 Å². The van der Waals surface area contributed by atoms with Gasteiger partial charge < -0.3 is 19.3 Å². The van der Waals surface area contributed by atoms with Gasteiger partial charge in [0.2, 0.25) is 5.91 Å². The summed E-state index contributed by atoms with van der Waals surface area (Å²) in [6.07, 6.45) is 6.12. The number of likely N-dealkylation sites (tertiary alicyclic amines) is 1. The number of hydrogen-bond donors (Lipinski definition) is 1. The maximum Gasteiger partial charge on any atom is 0.258 e. The molecule has 7 nitrogen and oxygen atoms in total. The monoisotopic (exact) mass is 413 g/mol. The lowest BCUT2D eigenvalue weighted by molar-refractivity contribution is -0.142. The minimum Gasteiger partial charge on any atom is -0.396 e. The van der Waals surface area contributed by atoms with Crippen molar-refractivity contribution in [1.82, 2.24) is 14.4 Å². The van der Waals surface area contributed by atoms with Crippen molar-refractivity contribution in [2.75, 3.05) is 39.5 Å². The van der Waals surface area contributed by atoms with Crippen molar-refractivity contribution in [1.29, 1.82) is 0 Å². The number of aromatic nitrogens is 1. The maximum absolute atomic E-state index is 13.6. The molecule has 0 unspecified atom stereocenters. The molecule has 30 heavy (non-hydrogen) atoms. The summed E-state index contributed by atoms with van der Waals surface area (Å²) in [5.41, 5.74) is 1.71. The Balaban J connectivity index is 1.53. The van der Waals surface area contributed by atoms with Crippen molar-refractivity contribution in [3.8, 4) is 0 Å². The van der Waals surface area contributed by atoms with E-state index in [1.807, 2.05) is 34.6 Å². The highest BCUT2D eigenvalue weighted by atomic mass is 16.5. The van der Waals surface area contributed by atoms with Crippen molar-refractivity contribution >= 4 is 12.0 Å². The first kappa shape index (κ1) is 20.0. The van der Waals surface area contributed by atoms with Gasteiger partial charge in [-0.2, -0.15) is 0 Å². The Labute approximate surface area is 176 Å². The Morgan fingerprint density at radius 3 is 2.70 bits per heavy atom. The molecule has 1 amide bonds. The molecule has 1 saturated carbocycles. The smallest absolute Gasteiger partial charge is 0.258 e. The van der Waals surface area contributed by atoms with Gasteiger partial charge in [0.05, 0.1) is 25.3 Å². The van der Waals surface area contributed by atoms with Crippen molar-refractivity contribution < 1.29 is 14.6 Å².